The molecule has 0 saturated carbocycles. The van der Waals surface area contributed by atoms with Gasteiger partial charge < -0.3 is 0 Å². The van der Waals surface area contributed by atoms with Crippen molar-refractivity contribution in [1.82, 2.24) is 9.78 Å². The normalized spacial score (nSPS) is 13.9. The van der Waals surface area contributed by atoms with E-state index in [9.17, 15) is 4.79 Å². The molecule has 1 aliphatic rings. The molecule has 0 fully saturated rings. The quantitative estimate of drug-likeness (QED) is 0.704. The van der Waals surface area contributed by atoms with Crippen LogP contribution in [-0.2, 0) is 6.42 Å². The molecule has 3 nitrogen and oxygen atoms in total. The molecule has 3 aromatic rings. The highest BCUT2D eigenvalue weighted by Crippen LogP contribution is 2.32. The number of rotatable bonds is 2. The number of carbonyl (C=O) groups excluding carboxylic acids is 1. The number of hydrogen-bond acceptors (Lipinski definition) is 2. The molecule has 3 heteroatoms. The van der Waals surface area contributed by atoms with Gasteiger partial charge in [0.25, 0.3) is 0 Å². The molecule has 0 saturated heterocycles. The molecule has 0 spiro atoms. The number of ketones is 1. The summed E-state index contributed by atoms with van der Waals surface area (Å²) in [6.07, 6.45) is 2.42. The van der Waals surface area contributed by atoms with Gasteiger partial charge in [-0.15, -0.1) is 0 Å². The number of nitrogens with zero attached hydrogens (tertiary/aromatic N) is 2. The molecular weight excluding hydrogens is 284 g/mol. The topological polar surface area (TPSA) is 34.9 Å². The first-order valence-electron chi connectivity index (χ1n) is 8.01. The first kappa shape index (κ1) is 13.9. The van der Waals surface area contributed by atoms with Crippen LogP contribution in [0.3, 0.4) is 0 Å². The molecule has 0 atom stereocenters. The molecule has 0 bridgehead atoms. The Balaban J connectivity index is 1.95. The molecule has 114 valence electrons. The van der Waals surface area contributed by atoms with Crippen molar-refractivity contribution in [3.05, 3.63) is 71.4 Å². The minimum Gasteiger partial charge on any atom is -0.294 e. The lowest BCUT2D eigenvalue weighted by atomic mass is 9.92. The van der Waals surface area contributed by atoms with E-state index in [0.717, 1.165) is 41.0 Å². The van der Waals surface area contributed by atoms with Gasteiger partial charge in [-0.25, -0.2) is 4.68 Å². The first-order chi connectivity index (χ1) is 11.2. The van der Waals surface area contributed by atoms with E-state index < -0.39 is 0 Å². The van der Waals surface area contributed by atoms with Gasteiger partial charge in [-0.05, 0) is 31.9 Å². The molecule has 1 aromatic heterocycles. The Kier molecular flexibility index (Phi) is 3.34. The molecule has 0 aliphatic heterocycles. The van der Waals surface area contributed by atoms with E-state index in [0.29, 0.717) is 6.42 Å². The van der Waals surface area contributed by atoms with Gasteiger partial charge in [0.05, 0.1) is 16.9 Å². The molecule has 1 aliphatic carbocycles. The van der Waals surface area contributed by atoms with Crippen LogP contribution < -0.4 is 0 Å². The fourth-order valence-electron chi connectivity index (χ4n) is 3.21. The zero-order valence-corrected chi connectivity index (χ0v) is 13.1. The number of carbonyl (C=O) groups is 1. The molecule has 4 rings (SSSR count). The molecular formula is C20H18N2O. The summed E-state index contributed by atoms with van der Waals surface area (Å²) in [7, 11) is 0. The predicted molar refractivity (Wildman–Crippen MR) is 91.0 cm³/mol. The van der Waals surface area contributed by atoms with Gasteiger partial charge in [0.1, 0.15) is 5.69 Å². The number of aromatic nitrogens is 2. The number of hydrogen-bond donors (Lipinski definition) is 0. The van der Waals surface area contributed by atoms with Crippen LogP contribution in [0.15, 0.2) is 54.6 Å². The van der Waals surface area contributed by atoms with Crippen molar-refractivity contribution in [2.75, 3.05) is 0 Å². The first-order valence-corrected chi connectivity index (χ1v) is 8.01. The summed E-state index contributed by atoms with van der Waals surface area (Å²) in [4.78, 5) is 12.5. The van der Waals surface area contributed by atoms with E-state index in [1.165, 1.54) is 5.56 Å². The van der Waals surface area contributed by atoms with E-state index in [-0.39, 0.29) is 5.78 Å². The molecule has 1 heterocycles. The summed E-state index contributed by atoms with van der Waals surface area (Å²) < 4.78 is 1.95. The summed E-state index contributed by atoms with van der Waals surface area (Å²) in [6, 6.07) is 18.3. The highest BCUT2D eigenvalue weighted by molar-refractivity contribution is 6.03. The average Bonchev–Trinajstić information content (AvgIpc) is 2.97. The maximum absolute atomic E-state index is 12.5. The highest BCUT2D eigenvalue weighted by atomic mass is 16.1. The van der Waals surface area contributed by atoms with Crippen LogP contribution in [0.25, 0.3) is 16.9 Å². The molecule has 0 amide bonds. The van der Waals surface area contributed by atoms with E-state index in [1.807, 2.05) is 35.0 Å². The molecule has 0 unspecified atom stereocenters. The summed E-state index contributed by atoms with van der Waals surface area (Å²) in [6.45, 7) is 2.06. The van der Waals surface area contributed by atoms with Crippen molar-refractivity contribution in [1.29, 1.82) is 0 Å². The average molecular weight is 302 g/mol. The Labute approximate surface area is 135 Å². The second kappa shape index (κ2) is 5.51. The summed E-state index contributed by atoms with van der Waals surface area (Å²) in [5.41, 5.74) is 5.89. The lowest BCUT2D eigenvalue weighted by Crippen LogP contribution is -2.13. The van der Waals surface area contributed by atoms with E-state index in [4.69, 9.17) is 5.10 Å². The molecule has 2 aromatic carbocycles. The zero-order chi connectivity index (χ0) is 15.8. The van der Waals surface area contributed by atoms with Crippen LogP contribution in [0.2, 0.25) is 0 Å². The van der Waals surface area contributed by atoms with Gasteiger partial charge in [0.2, 0.25) is 0 Å². The minimum atomic E-state index is 0.212. The molecule has 0 N–H and O–H groups in total. The third-order valence-electron chi connectivity index (χ3n) is 4.40. The fourth-order valence-corrected chi connectivity index (χ4v) is 3.21. The molecule has 23 heavy (non-hydrogen) atoms. The van der Waals surface area contributed by atoms with Crippen molar-refractivity contribution >= 4 is 5.78 Å². The SMILES string of the molecule is Cc1ccc(-c2nn(-c3ccccc3)c3c2C(=O)CCC3)cc1. The smallest absolute Gasteiger partial charge is 0.166 e. The molecule has 0 radical (unpaired) electrons. The van der Waals surface area contributed by atoms with Crippen molar-refractivity contribution in [2.45, 2.75) is 26.2 Å². The summed E-state index contributed by atoms with van der Waals surface area (Å²) in [5, 5.41) is 4.81. The van der Waals surface area contributed by atoms with Gasteiger partial charge >= 0.3 is 0 Å². The van der Waals surface area contributed by atoms with Crippen LogP contribution in [-0.4, -0.2) is 15.6 Å². The van der Waals surface area contributed by atoms with Crippen molar-refractivity contribution < 1.29 is 4.79 Å². The van der Waals surface area contributed by atoms with Crippen LogP contribution in [0.4, 0.5) is 0 Å². The predicted octanol–water partition coefficient (Wildman–Crippen LogP) is 4.37. The summed E-state index contributed by atoms with van der Waals surface area (Å²) in [5.74, 6) is 0.212. The lowest BCUT2D eigenvalue weighted by molar-refractivity contribution is 0.0973. The number of para-hydroxylation sites is 1. The number of fused-ring (bicyclic) bond motifs is 1. The van der Waals surface area contributed by atoms with Gasteiger partial charge in [0, 0.05) is 12.0 Å². The Hall–Kier alpha value is -2.68. The van der Waals surface area contributed by atoms with E-state index >= 15 is 0 Å². The zero-order valence-electron chi connectivity index (χ0n) is 13.1. The van der Waals surface area contributed by atoms with Crippen LogP contribution in [0.5, 0.6) is 0 Å². The number of Topliss-reactive ketones (excluding diaryl/α,β-unsaturated/α-hetero) is 1. The highest BCUT2D eigenvalue weighted by Gasteiger charge is 2.28. The third kappa shape index (κ3) is 2.38. The second-order valence-corrected chi connectivity index (χ2v) is 6.06. The standard InChI is InChI=1S/C20H18N2O/c1-14-10-12-15(13-11-14)20-19-17(8-5-9-18(19)23)22(21-20)16-6-3-2-4-7-16/h2-4,6-7,10-13H,5,8-9H2,1H3. The second-order valence-electron chi connectivity index (χ2n) is 6.06. The van der Waals surface area contributed by atoms with Gasteiger partial charge in [-0.1, -0.05) is 48.0 Å². The minimum absolute atomic E-state index is 0.212. The van der Waals surface area contributed by atoms with Gasteiger partial charge in [-0.2, -0.15) is 5.10 Å². The lowest BCUT2D eigenvalue weighted by Gasteiger charge is -2.13. The monoisotopic (exact) mass is 302 g/mol. The van der Waals surface area contributed by atoms with Crippen molar-refractivity contribution in [3.63, 3.8) is 0 Å². The summed E-state index contributed by atoms with van der Waals surface area (Å²) >= 11 is 0. The largest absolute Gasteiger partial charge is 0.294 e. The van der Waals surface area contributed by atoms with Crippen LogP contribution >= 0.6 is 0 Å². The van der Waals surface area contributed by atoms with Crippen molar-refractivity contribution in [3.8, 4) is 16.9 Å². The van der Waals surface area contributed by atoms with E-state index in [2.05, 4.69) is 31.2 Å². The van der Waals surface area contributed by atoms with Gasteiger partial charge in [-0.3, -0.25) is 4.79 Å². The number of aryl methyl sites for hydroxylation is 1. The van der Waals surface area contributed by atoms with Crippen molar-refractivity contribution in [2.24, 2.45) is 0 Å². The Bertz CT molecular complexity index is 861. The van der Waals surface area contributed by atoms with Crippen LogP contribution in [0, 0.1) is 6.92 Å². The third-order valence-corrected chi connectivity index (χ3v) is 4.40. The maximum atomic E-state index is 12.5. The van der Waals surface area contributed by atoms with Gasteiger partial charge in [0.15, 0.2) is 5.78 Å². The Morgan fingerprint density at radius 1 is 0.957 bits per heavy atom. The van der Waals surface area contributed by atoms with Crippen LogP contribution in [0.1, 0.15) is 34.5 Å². The number of benzene rings is 2. The Morgan fingerprint density at radius 2 is 1.70 bits per heavy atom. The fraction of sp³-hybridized carbons (Fsp3) is 0.200. The maximum Gasteiger partial charge on any atom is 0.166 e. The van der Waals surface area contributed by atoms with E-state index in [1.54, 1.807) is 0 Å². The Morgan fingerprint density at radius 3 is 2.43 bits per heavy atom.